The van der Waals surface area contributed by atoms with E-state index < -0.39 is 18.2 Å². The Morgan fingerprint density at radius 3 is 2.65 bits per heavy atom. The fourth-order valence-corrected chi connectivity index (χ4v) is 2.13. The molecule has 1 aromatic carbocycles. The second-order valence-corrected chi connectivity index (χ2v) is 4.72. The molecule has 6 nitrogen and oxygen atoms in total. The van der Waals surface area contributed by atoms with E-state index in [0.717, 1.165) is 5.56 Å². The molecule has 1 aliphatic heterocycles. The number of aryl methyl sites for hydroxylation is 1. The highest BCUT2D eigenvalue weighted by molar-refractivity contribution is 5.96. The predicted octanol–water partition coefficient (Wildman–Crippen LogP) is 1.57. The summed E-state index contributed by atoms with van der Waals surface area (Å²) in [5.74, 6) is -0.824. The molecule has 0 saturated carbocycles. The van der Waals surface area contributed by atoms with Crippen LogP contribution >= 0.6 is 0 Å². The van der Waals surface area contributed by atoms with E-state index in [4.69, 9.17) is 14.6 Å². The number of methoxy groups -OCH3 is 1. The Morgan fingerprint density at radius 2 is 2.05 bits per heavy atom. The van der Waals surface area contributed by atoms with E-state index in [1.165, 1.54) is 7.11 Å². The number of carbonyl (C=O) groups excluding carboxylic acids is 1. The van der Waals surface area contributed by atoms with Crippen LogP contribution in [0.1, 0.15) is 18.4 Å². The lowest BCUT2D eigenvalue weighted by molar-refractivity contribution is -0.150. The number of carboxylic acids is 1. The Bertz CT molecular complexity index is 528. The zero-order chi connectivity index (χ0) is 14.7. The Balaban J connectivity index is 2.04. The molecule has 1 amide bonds. The minimum absolute atomic E-state index is 0.346. The maximum atomic E-state index is 12.1. The van der Waals surface area contributed by atoms with E-state index in [1.807, 2.05) is 19.1 Å². The number of carbonyl (C=O) groups is 2. The summed E-state index contributed by atoms with van der Waals surface area (Å²) in [6.07, 6.45) is -0.886. The van der Waals surface area contributed by atoms with Crippen molar-refractivity contribution in [3.8, 4) is 5.75 Å². The number of carboxylic acid groups (broad SMARTS) is 1. The van der Waals surface area contributed by atoms with Gasteiger partial charge in [0.25, 0.3) is 5.91 Å². The number of nitrogens with one attached hydrogen (secondary N) is 1. The smallest absolute Gasteiger partial charge is 0.332 e. The quantitative estimate of drug-likeness (QED) is 0.874. The van der Waals surface area contributed by atoms with E-state index in [-0.39, 0.29) is 5.91 Å². The number of amides is 1. The first-order valence-corrected chi connectivity index (χ1v) is 6.35. The molecule has 1 aromatic rings. The third-order valence-corrected chi connectivity index (χ3v) is 3.20. The van der Waals surface area contributed by atoms with E-state index in [0.29, 0.717) is 24.3 Å². The number of anilines is 1. The first-order chi connectivity index (χ1) is 9.51. The molecule has 0 spiro atoms. The minimum Gasteiger partial charge on any atom is -0.495 e. The van der Waals surface area contributed by atoms with Gasteiger partial charge in [-0.25, -0.2) is 4.79 Å². The van der Waals surface area contributed by atoms with Crippen molar-refractivity contribution in [3.63, 3.8) is 0 Å². The van der Waals surface area contributed by atoms with Crippen LogP contribution in [0, 0.1) is 6.92 Å². The molecule has 1 saturated heterocycles. The second kappa shape index (κ2) is 5.92. The highest BCUT2D eigenvalue weighted by atomic mass is 16.5. The van der Waals surface area contributed by atoms with Gasteiger partial charge in [0.1, 0.15) is 11.9 Å². The number of benzene rings is 1. The molecule has 20 heavy (non-hydrogen) atoms. The number of hydrogen-bond acceptors (Lipinski definition) is 4. The molecule has 0 aliphatic carbocycles. The minimum atomic E-state index is -1.03. The van der Waals surface area contributed by atoms with Crippen molar-refractivity contribution < 1.29 is 24.2 Å². The average molecular weight is 279 g/mol. The van der Waals surface area contributed by atoms with Crippen LogP contribution in [0.25, 0.3) is 0 Å². The molecule has 2 atom stereocenters. The molecule has 6 heteroatoms. The van der Waals surface area contributed by atoms with Gasteiger partial charge in [0.15, 0.2) is 6.10 Å². The van der Waals surface area contributed by atoms with Gasteiger partial charge in [0, 0.05) is 0 Å². The summed E-state index contributed by atoms with van der Waals surface area (Å²) in [6, 6.07) is 5.41. The van der Waals surface area contributed by atoms with Crippen LogP contribution in [0.2, 0.25) is 0 Å². The van der Waals surface area contributed by atoms with Crippen molar-refractivity contribution in [2.45, 2.75) is 32.0 Å². The second-order valence-electron chi connectivity index (χ2n) is 4.72. The normalized spacial score (nSPS) is 21.5. The van der Waals surface area contributed by atoms with Gasteiger partial charge >= 0.3 is 5.97 Å². The average Bonchev–Trinajstić information content (AvgIpc) is 2.90. The lowest BCUT2D eigenvalue weighted by atomic mass is 10.1. The van der Waals surface area contributed by atoms with Crippen LogP contribution < -0.4 is 10.1 Å². The molecule has 2 unspecified atom stereocenters. The molecule has 0 bridgehead atoms. The molecule has 0 aromatic heterocycles. The SMILES string of the molecule is COc1cc(C)ccc1NC(=O)C1CCC(C(=O)O)O1. The van der Waals surface area contributed by atoms with Gasteiger partial charge in [-0.2, -0.15) is 0 Å². The Labute approximate surface area is 116 Å². The third-order valence-electron chi connectivity index (χ3n) is 3.20. The van der Waals surface area contributed by atoms with Crippen LogP contribution in [0.3, 0.4) is 0 Å². The van der Waals surface area contributed by atoms with E-state index >= 15 is 0 Å². The van der Waals surface area contributed by atoms with Gasteiger partial charge in [-0.1, -0.05) is 6.07 Å². The summed E-state index contributed by atoms with van der Waals surface area (Å²) in [4.78, 5) is 22.8. The monoisotopic (exact) mass is 279 g/mol. The largest absolute Gasteiger partial charge is 0.495 e. The molecule has 2 rings (SSSR count). The van der Waals surface area contributed by atoms with Crippen molar-refractivity contribution in [3.05, 3.63) is 23.8 Å². The first-order valence-electron chi connectivity index (χ1n) is 6.35. The highest BCUT2D eigenvalue weighted by Crippen LogP contribution is 2.27. The van der Waals surface area contributed by atoms with Crippen molar-refractivity contribution in [1.82, 2.24) is 0 Å². The Kier molecular flexibility index (Phi) is 4.24. The zero-order valence-electron chi connectivity index (χ0n) is 11.4. The molecular weight excluding hydrogens is 262 g/mol. The van der Waals surface area contributed by atoms with E-state index in [1.54, 1.807) is 6.07 Å². The topological polar surface area (TPSA) is 84.9 Å². The van der Waals surface area contributed by atoms with Gasteiger partial charge in [0.05, 0.1) is 12.8 Å². The zero-order valence-corrected chi connectivity index (χ0v) is 11.4. The van der Waals surface area contributed by atoms with Crippen LogP contribution in [0.15, 0.2) is 18.2 Å². The van der Waals surface area contributed by atoms with E-state index in [9.17, 15) is 9.59 Å². The summed E-state index contributed by atoms with van der Waals surface area (Å²) in [6.45, 7) is 1.92. The van der Waals surface area contributed by atoms with Crippen molar-refractivity contribution in [2.75, 3.05) is 12.4 Å². The van der Waals surface area contributed by atoms with Crippen LogP contribution in [0.5, 0.6) is 5.75 Å². The van der Waals surface area contributed by atoms with Gasteiger partial charge in [-0.15, -0.1) is 0 Å². The van der Waals surface area contributed by atoms with Gasteiger partial charge in [-0.3, -0.25) is 4.79 Å². The standard InChI is InChI=1S/C14H17NO5/c1-8-3-4-9(12(7-8)19-2)15-13(16)10-5-6-11(20-10)14(17)18/h3-4,7,10-11H,5-6H2,1-2H3,(H,15,16)(H,17,18). The van der Waals surface area contributed by atoms with Crippen molar-refractivity contribution in [2.24, 2.45) is 0 Å². The lowest BCUT2D eigenvalue weighted by Gasteiger charge is -2.14. The molecule has 0 radical (unpaired) electrons. The summed E-state index contributed by atoms with van der Waals surface area (Å²) in [5, 5.41) is 11.5. The summed E-state index contributed by atoms with van der Waals surface area (Å²) >= 11 is 0. The number of rotatable bonds is 4. The number of ether oxygens (including phenoxy) is 2. The summed E-state index contributed by atoms with van der Waals surface area (Å²) in [5.41, 5.74) is 1.56. The fourth-order valence-electron chi connectivity index (χ4n) is 2.13. The first kappa shape index (κ1) is 14.3. The highest BCUT2D eigenvalue weighted by Gasteiger charge is 2.34. The molecule has 1 fully saturated rings. The maximum absolute atomic E-state index is 12.1. The molecule has 1 heterocycles. The predicted molar refractivity (Wildman–Crippen MR) is 71.9 cm³/mol. The fraction of sp³-hybridized carbons (Fsp3) is 0.429. The maximum Gasteiger partial charge on any atom is 0.332 e. The Hall–Kier alpha value is -2.08. The third kappa shape index (κ3) is 3.08. The molecular formula is C14H17NO5. The van der Waals surface area contributed by atoms with Crippen molar-refractivity contribution >= 4 is 17.6 Å². The summed E-state index contributed by atoms with van der Waals surface area (Å²) < 4.78 is 10.4. The number of aliphatic carboxylic acids is 1. The molecule has 2 N–H and O–H groups in total. The van der Waals surface area contributed by atoms with Gasteiger partial charge < -0.3 is 19.9 Å². The van der Waals surface area contributed by atoms with Gasteiger partial charge in [0.2, 0.25) is 0 Å². The number of hydrogen-bond donors (Lipinski definition) is 2. The van der Waals surface area contributed by atoms with Crippen molar-refractivity contribution in [1.29, 1.82) is 0 Å². The Morgan fingerprint density at radius 1 is 1.35 bits per heavy atom. The van der Waals surface area contributed by atoms with Crippen LogP contribution in [-0.4, -0.2) is 36.3 Å². The van der Waals surface area contributed by atoms with Crippen LogP contribution in [0.4, 0.5) is 5.69 Å². The van der Waals surface area contributed by atoms with E-state index in [2.05, 4.69) is 5.32 Å². The molecule has 108 valence electrons. The van der Waals surface area contributed by atoms with Crippen LogP contribution in [-0.2, 0) is 14.3 Å². The molecule has 1 aliphatic rings. The van der Waals surface area contributed by atoms with Gasteiger partial charge in [-0.05, 0) is 37.5 Å². The summed E-state index contributed by atoms with van der Waals surface area (Å²) in [7, 11) is 1.52. The lowest BCUT2D eigenvalue weighted by Crippen LogP contribution is -2.30.